The number of fused-ring (bicyclic) bond motifs is 4. The molecule has 2 aromatic carbocycles. The highest BCUT2D eigenvalue weighted by Gasteiger charge is 2.19. The second kappa shape index (κ2) is 7.70. The molecule has 5 aromatic rings. The Kier molecular flexibility index (Phi) is 4.65. The van der Waals surface area contributed by atoms with E-state index in [4.69, 9.17) is 9.47 Å². The summed E-state index contributed by atoms with van der Waals surface area (Å²) >= 11 is 1.41. The number of ether oxygens (including phenoxy) is 2. The number of benzene rings is 2. The van der Waals surface area contributed by atoms with E-state index < -0.39 is 0 Å². The molecular weight excluding hydrogens is 438 g/mol. The van der Waals surface area contributed by atoms with E-state index in [1.165, 1.54) is 11.8 Å². The Morgan fingerprint density at radius 3 is 2.88 bits per heavy atom. The predicted octanol–water partition coefficient (Wildman–Crippen LogP) is 4.38. The molecule has 1 aliphatic rings. The minimum atomic E-state index is 0.0746. The Labute approximate surface area is 193 Å². The molecule has 0 amide bonds. The van der Waals surface area contributed by atoms with Crippen LogP contribution in [0.3, 0.4) is 0 Å². The highest BCUT2D eigenvalue weighted by Crippen LogP contribution is 2.33. The SMILES string of the molecule is Cc1cc(C(=O)CSc2n[nH]c3nc4ccccc4n23)c(C)n1Cc1ccc2c(c1)OCO2. The van der Waals surface area contributed by atoms with Crippen LogP contribution in [0.4, 0.5) is 0 Å². The van der Waals surface area contributed by atoms with Gasteiger partial charge in [0, 0.05) is 23.5 Å². The van der Waals surface area contributed by atoms with Gasteiger partial charge in [-0.25, -0.2) is 10.1 Å². The predicted molar refractivity (Wildman–Crippen MR) is 125 cm³/mol. The first-order chi connectivity index (χ1) is 16.1. The van der Waals surface area contributed by atoms with Gasteiger partial charge in [0.1, 0.15) is 0 Å². The molecule has 0 saturated carbocycles. The van der Waals surface area contributed by atoms with Crippen LogP contribution in [0.5, 0.6) is 11.5 Å². The van der Waals surface area contributed by atoms with Crippen molar-refractivity contribution in [2.24, 2.45) is 0 Å². The lowest BCUT2D eigenvalue weighted by Crippen LogP contribution is -2.08. The zero-order valence-corrected chi connectivity index (χ0v) is 19.0. The van der Waals surface area contributed by atoms with Crippen LogP contribution in [0.25, 0.3) is 16.8 Å². The first-order valence-electron chi connectivity index (χ1n) is 10.6. The largest absolute Gasteiger partial charge is 0.454 e. The molecule has 0 saturated heterocycles. The van der Waals surface area contributed by atoms with Gasteiger partial charge in [0.05, 0.1) is 16.8 Å². The van der Waals surface area contributed by atoms with Crippen LogP contribution in [0.15, 0.2) is 53.7 Å². The van der Waals surface area contributed by atoms with Gasteiger partial charge in [-0.15, -0.1) is 5.10 Å². The van der Waals surface area contributed by atoms with Crippen molar-refractivity contribution in [3.05, 3.63) is 71.0 Å². The standard InChI is InChI=1S/C24H21N5O3S/c1-14-9-17(15(2)28(14)11-16-7-8-21-22(10-16)32-13-31-21)20(30)12-33-24-27-26-23-25-18-5-3-4-6-19(18)29(23)24/h3-10H,11-13H2,1-2H3,(H,25,26). The monoisotopic (exact) mass is 459 g/mol. The van der Waals surface area contributed by atoms with Crippen LogP contribution < -0.4 is 9.47 Å². The summed E-state index contributed by atoms with van der Waals surface area (Å²) in [7, 11) is 0. The number of carbonyl (C=O) groups excluding carboxylic acids is 1. The topological polar surface area (TPSA) is 86.4 Å². The quantitative estimate of drug-likeness (QED) is 0.300. The van der Waals surface area contributed by atoms with Gasteiger partial charge in [0.25, 0.3) is 0 Å². The Morgan fingerprint density at radius 1 is 1.12 bits per heavy atom. The van der Waals surface area contributed by atoms with Crippen molar-refractivity contribution < 1.29 is 14.3 Å². The number of carbonyl (C=O) groups is 1. The number of thioether (sulfide) groups is 1. The summed E-state index contributed by atoms with van der Waals surface area (Å²) in [4.78, 5) is 17.7. The fraction of sp³-hybridized carbons (Fsp3) is 0.208. The molecule has 0 fully saturated rings. The summed E-state index contributed by atoms with van der Waals surface area (Å²) in [6.07, 6.45) is 0. The molecule has 33 heavy (non-hydrogen) atoms. The number of hydrogen-bond donors (Lipinski definition) is 1. The summed E-state index contributed by atoms with van der Waals surface area (Å²) in [5, 5.41) is 8.04. The molecule has 0 bridgehead atoms. The molecule has 1 aliphatic heterocycles. The number of rotatable bonds is 6. The Balaban J connectivity index is 1.22. The molecule has 0 spiro atoms. The number of aromatic nitrogens is 5. The number of H-pyrrole nitrogens is 1. The molecular formula is C24H21N5O3S. The molecule has 4 heterocycles. The van der Waals surface area contributed by atoms with Crippen LogP contribution in [0.2, 0.25) is 0 Å². The van der Waals surface area contributed by atoms with Gasteiger partial charge in [-0.2, -0.15) is 0 Å². The number of para-hydroxylation sites is 2. The van der Waals surface area contributed by atoms with Crippen molar-refractivity contribution in [1.82, 2.24) is 24.1 Å². The minimum absolute atomic E-state index is 0.0746. The fourth-order valence-electron chi connectivity index (χ4n) is 4.30. The molecule has 9 heteroatoms. The van der Waals surface area contributed by atoms with Crippen molar-refractivity contribution >= 4 is 34.4 Å². The summed E-state index contributed by atoms with van der Waals surface area (Å²) in [6.45, 7) is 4.94. The Morgan fingerprint density at radius 2 is 1.97 bits per heavy atom. The zero-order valence-electron chi connectivity index (χ0n) is 18.2. The molecule has 0 aliphatic carbocycles. The molecule has 1 N–H and O–H groups in total. The lowest BCUT2D eigenvalue weighted by molar-refractivity contribution is 0.102. The van der Waals surface area contributed by atoms with E-state index in [-0.39, 0.29) is 12.6 Å². The lowest BCUT2D eigenvalue weighted by Gasteiger charge is -2.10. The first-order valence-corrected chi connectivity index (χ1v) is 11.6. The molecule has 0 unspecified atom stereocenters. The van der Waals surface area contributed by atoms with Gasteiger partial charge >= 0.3 is 0 Å². The van der Waals surface area contributed by atoms with Crippen LogP contribution in [0.1, 0.15) is 27.3 Å². The third-order valence-electron chi connectivity index (χ3n) is 5.99. The number of ketones is 1. The van der Waals surface area contributed by atoms with Crippen LogP contribution in [-0.4, -0.2) is 42.5 Å². The average molecular weight is 460 g/mol. The van der Waals surface area contributed by atoms with Crippen LogP contribution >= 0.6 is 11.8 Å². The number of aromatic amines is 1. The van der Waals surface area contributed by atoms with Gasteiger partial charge in [-0.05, 0) is 49.7 Å². The summed E-state index contributed by atoms with van der Waals surface area (Å²) in [5.74, 6) is 2.57. The fourth-order valence-corrected chi connectivity index (χ4v) is 5.14. The van der Waals surface area contributed by atoms with E-state index in [2.05, 4.69) is 19.7 Å². The van der Waals surface area contributed by atoms with Gasteiger partial charge in [-0.3, -0.25) is 9.20 Å². The van der Waals surface area contributed by atoms with E-state index in [1.54, 1.807) is 0 Å². The van der Waals surface area contributed by atoms with Gasteiger partial charge in [0.15, 0.2) is 22.4 Å². The van der Waals surface area contributed by atoms with E-state index in [9.17, 15) is 4.79 Å². The van der Waals surface area contributed by atoms with Gasteiger partial charge in [-0.1, -0.05) is 30.0 Å². The second-order valence-corrected chi connectivity index (χ2v) is 8.98. The molecule has 8 nitrogen and oxygen atoms in total. The molecule has 0 atom stereocenters. The average Bonchev–Trinajstić information content (AvgIpc) is 3.57. The summed E-state index contributed by atoms with van der Waals surface area (Å²) < 4.78 is 15.0. The van der Waals surface area contributed by atoms with Gasteiger partial charge < -0.3 is 14.0 Å². The van der Waals surface area contributed by atoms with Gasteiger partial charge in [0.2, 0.25) is 12.6 Å². The molecule has 3 aromatic heterocycles. The van der Waals surface area contributed by atoms with E-state index >= 15 is 0 Å². The second-order valence-electron chi connectivity index (χ2n) is 8.04. The molecule has 6 rings (SSSR count). The smallest absolute Gasteiger partial charge is 0.231 e. The van der Waals surface area contributed by atoms with Crippen molar-refractivity contribution in [2.75, 3.05) is 12.5 Å². The van der Waals surface area contributed by atoms with Crippen molar-refractivity contribution in [3.8, 4) is 11.5 Å². The highest BCUT2D eigenvalue weighted by molar-refractivity contribution is 7.99. The maximum atomic E-state index is 13.1. The highest BCUT2D eigenvalue weighted by atomic mass is 32.2. The molecule has 0 radical (unpaired) electrons. The van der Waals surface area contributed by atoms with Crippen molar-refractivity contribution in [3.63, 3.8) is 0 Å². The first kappa shape index (κ1) is 19.9. The Bertz CT molecular complexity index is 1530. The number of aryl methyl sites for hydroxylation is 1. The Hall–Kier alpha value is -3.72. The van der Waals surface area contributed by atoms with Crippen LogP contribution in [0, 0.1) is 13.8 Å². The third-order valence-corrected chi connectivity index (χ3v) is 6.93. The van der Waals surface area contributed by atoms with Crippen molar-refractivity contribution in [2.45, 2.75) is 25.5 Å². The summed E-state index contributed by atoms with van der Waals surface area (Å²) in [5.41, 5.74) is 5.70. The number of nitrogens with zero attached hydrogens (tertiary/aromatic N) is 4. The van der Waals surface area contributed by atoms with Crippen molar-refractivity contribution in [1.29, 1.82) is 0 Å². The maximum absolute atomic E-state index is 13.1. The van der Waals surface area contributed by atoms with Crippen LogP contribution in [-0.2, 0) is 6.54 Å². The maximum Gasteiger partial charge on any atom is 0.231 e. The lowest BCUT2D eigenvalue weighted by atomic mass is 10.1. The minimum Gasteiger partial charge on any atom is -0.454 e. The normalized spacial score (nSPS) is 12.8. The van der Waals surface area contributed by atoms with E-state index in [0.29, 0.717) is 18.1 Å². The third kappa shape index (κ3) is 3.36. The van der Waals surface area contributed by atoms with E-state index in [1.807, 2.05) is 66.8 Å². The number of nitrogens with one attached hydrogen (secondary N) is 1. The van der Waals surface area contributed by atoms with E-state index in [0.717, 1.165) is 50.2 Å². The zero-order chi connectivity index (χ0) is 22.5. The number of imidazole rings is 1. The number of hydrogen-bond acceptors (Lipinski definition) is 6. The number of Topliss-reactive ketones (excluding diaryl/α,β-unsaturated/α-hetero) is 1. The summed E-state index contributed by atoms with van der Waals surface area (Å²) in [6, 6.07) is 15.8. The molecule has 166 valence electrons.